The summed E-state index contributed by atoms with van der Waals surface area (Å²) in [7, 11) is 3.06. The van der Waals surface area contributed by atoms with E-state index in [2.05, 4.69) is 10.6 Å². The Hall–Kier alpha value is -3.28. The molecule has 2 aliphatic heterocycles. The summed E-state index contributed by atoms with van der Waals surface area (Å²) >= 11 is 1.31. The molecule has 2 aliphatic rings. The van der Waals surface area contributed by atoms with E-state index in [0.29, 0.717) is 11.1 Å². The van der Waals surface area contributed by atoms with Crippen LogP contribution in [0.2, 0.25) is 0 Å². The molecule has 2 heterocycles. The van der Waals surface area contributed by atoms with Crippen LogP contribution in [0.3, 0.4) is 0 Å². The third-order valence-corrected chi connectivity index (χ3v) is 7.10. The third kappa shape index (κ3) is 4.47. The predicted molar refractivity (Wildman–Crippen MR) is 122 cm³/mol. The van der Waals surface area contributed by atoms with E-state index in [1.54, 1.807) is 43.4 Å². The Balaban J connectivity index is 1.59. The maximum atomic E-state index is 13.0. The first-order valence-electron chi connectivity index (χ1n) is 10.3. The van der Waals surface area contributed by atoms with Gasteiger partial charge in [-0.15, -0.1) is 11.8 Å². The molecule has 4 atom stereocenters. The van der Waals surface area contributed by atoms with E-state index < -0.39 is 34.6 Å². The van der Waals surface area contributed by atoms with Gasteiger partial charge in [-0.3, -0.25) is 35.2 Å². The first kappa shape index (κ1) is 22.9. The molecular weight excluding hydrogens is 446 g/mol. The monoisotopic (exact) mass is 469 g/mol. The quantitative estimate of drug-likeness (QED) is 0.375. The van der Waals surface area contributed by atoms with Gasteiger partial charge >= 0.3 is 6.03 Å². The van der Waals surface area contributed by atoms with E-state index in [-0.39, 0.29) is 23.1 Å². The van der Waals surface area contributed by atoms with Gasteiger partial charge in [-0.05, 0) is 17.7 Å². The van der Waals surface area contributed by atoms with Crippen LogP contribution in [-0.2, 0) is 4.79 Å². The van der Waals surface area contributed by atoms with Crippen LogP contribution in [-0.4, -0.2) is 63.8 Å². The number of Topliss-reactive ketones (excluding diaryl/α,β-unsaturated/α-hetero) is 1. The normalized spacial score (nSPS) is 25.0. The maximum Gasteiger partial charge on any atom is 0.327 e. The molecule has 172 valence electrons. The van der Waals surface area contributed by atoms with Gasteiger partial charge in [-0.2, -0.15) is 0 Å². The number of fused-ring (bicyclic) bond motifs is 1. The minimum Gasteiger partial charge on any atom is -0.311 e. The number of urea groups is 1. The molecule has 11 heteroatoms. The lowest BCUT2D eigenvalue weighted by molar-refractivity contribution is -0.384. The van der Waals surface area contributed by atoms with Gasteiger partial charge in [0.1, 0.15) is 0 Å². The van der Waals surface area contributed by atoms with Crippen LogP contribution >= 0.6 is 11.8 Å². The van der Waals surface area contributed by atoms with Crippen LogP contribution in [0.25, 0.3) is 0 Å². The van der Waals surface area contributed by atoms with Gasteiger partial charge in [0.25, 0.3) is 5.69 Å². The number of benzene rings is 2. The second kappa shape index (κ2) is 9.30. The van der Waals surface area contributed by atoms with Gasteiger partial charge in [-0.1, -0.05) is 30.3 Å². The van der Waals surface area contributed by atoms with Crippen LogP contribution < -0.4 is 10.6 Å². The number of nitro groups is 1. The fourth-order valence-corrected chi connectivity index (χ4v) is 5.25. The van der Waals surface area contributed by atoms with E-state index in [9.17, 15) is 24.5 Å². The Morgan fingerprint density at radius 2 is 1.73 bits per heavy atom. The Morgan fingerprint density at radius 1 is 1.06 bits per heavy atom. The first-order chi connectivity index (χ1) is 15.8. The van der Waals surface area contributed by atoms with Gasteiger partial charge in [0.2, 0.25) is 5.91 Å². The molecule has 2 aromatic carbocycles. The fourth-order valence-electron chi connectivity index (χ4n) is 4.05. The highest BCUT2D eigenvalue weighted by Crippen LogP contribution is 2.34. The van der Waals surface area contributed by atoms with Gasteiger partial charge in [-0.25, -0.2) is 4.79 Å². The van der Waals surface area contributed by atoms with Crippen molar-refractivity contribution in [1.29, 1.82) is 0 Å². The van der Waals surface area contributed by atoms with Crippen molar-refractivity contribution in [3.8, 4) is 0 Å². The fraction of sp³-hybridized carbons (Fsp3) is 0.318. The maximum absolute atomic E-state index is 13.0. The highest BCUT2D eigenvalue weighted by molar-refractivity contribution is 8.00. The summed E-state index contributed by atoms with van der Waals surface area (Å²) in [5, 5.41) is 17.2. The second-order valence-corrected chi connectivity index (χ2v) is 9.03. The number of nitro benzene ring substituents is 1. The van der Waals surface area contributed by atoms with E-state index in [4.69, 9.17) is 0 Å². The summed E-state index contributed by atoms with van der Waals surface area (Å²) in [6.07, 6.45) is -1.09. The molecule has 2 aromatic rings. The summed E-state index contributed by atoms with van der Waals surface area (Å²) in [5.74, 6) is -0.882. The molecule has 0 bridgehead atoms. The van der Waals surface area contributed by atoms with Crippen LogP contribution in [0.1, 0.15) is 22.1 Å². The topological polar surface area (TPSA) is 125 Å². The van der Waals surface area contributed by atoms with E-state index >= 15 is 0 Å². The SMILES string of the molecule is CN1C(=O)C2C(SCC(=O)c3ccccc3)NC(c3ccc([N+](=O)[O-])cc3)NC2N(C)C1=O. The van der Waals surface area contributed by atoms with Gasteiger partial charge < -0.3 is 4.90 Å². The van der Waals surface area contributed by atoms with Crippen LogP contribution in [0, 0.1) is 16.0 Å². The van der Waals surface area contributed by atoms with Crippen LogP contribution in [0.5, 0.6) is 0 Å². The lowest BCUT2D eigenvalue weighted by Gasteiger charge is -2.50. The molecule has 0 aromatic heterocycles. The van der Waals surface area contributed by atoms with Crippen molar-refractivity contribution in [1.82, 2.24) is 20.4 Å². The number of nitrogens with one attached hydrogen (secondary N) is 2. The zero-order chi connectivity index (χ0) is 23.7. The summed E-state index contributed by atoms with van der Waals surface area (Å²) < 4.78 is 0. The van der Waals surface area contributed by atoms with Gasteiger partial charge in [0.05, 0.1) is 34.3 Å². The predicted octanol–water partition coefficient (Wildman–Crippen LogP) is 2.19. The van der Waals surface area contributed by atoms with E-state index in [0.717, 1.165) is 4.90 Å². The Kier molecular flexibility index (Phi) is 6.45. The molecule has 2 N–H and O–H groups in total. The third-order valence-electron chi connectivity index (χ3n) is 5.88. The number of ketones is 1. The number of amides is 3. The van der Waals surface area contributed by atoms with E-state index in [1.165, 1.54) is 35.8 Å². The number of hydrogen-bond donors (Lipinski definition) is 2. The minimum absolute atomic E-state index is 0.0337. The summed E-state index contributed by atoms with van der Waals surface area (Å²) in [6.45, 7) is 0. The lowest BCUT2D eigenvalue weighted by atomic mass is 9.96. The van der Waals surface area contributed by atoms with Crippen molar-refractivity contribution in [3.63, 3.8) is 0 Å². The van der Waals surface area contributed by atoms with E-state index in [1.807, 2.05) is 6.07 Å². The summed E-state index contributed by atoms with van der Waals surface area (Å²) in [5.41, 5.74) is 1.27. The van der Waals surface area contributed by atoms with Gasteiger partial charge in [0.15, 0.2) is 5.78 Å². The highest BCUT2D eigenvalue weighted by atomic mass is 32.2. The number of non-ortho nitro benzene ring substituents is 1. The standard InChI is InChI=1S/C22H23N5O5S/c1-25-19-17(21(29)26(2)22(25)30)20(33-12-16(28)13-6-4-3-5-7-13)24-18(23-19)14-8-10-15(11-9-14)27(31)32/h3-11,17-20,23-24H,12H2,1-2H3. The Labute approximate surface area is 194 Å². The molecule has 10 nitrogen and oxygen atoms in total. The lowest BCUT2D eigenvalue weighted by Crippen LogP contribution is -2.72. The molecule has 4 rings (SSSR count). The molecule has 4 unspecified atom stereocenters. The number of nitrogens with zero attached hydrogens (tertiary/aromatic N) is 3. The number of carbonyl (C=O) groups excluding carboxylic acids is 3. The summed E-state index contributed by atoms with van der Waals surface area (Å²) in [4.78, 5) is 51.3. The molecule has 0 aliphatic carbocycles. The molecule has 33 heavy (non-hydrogen) atoms. The molecule has 0 radical (unpaired) electrons. The van der Waals surface area contributed by atoms with Crippen molar-refractivity contribution >= 4 is 35.2 Å². The molecule has 2 fully saturated rings. The highest BCUT2D eigenvalue weighted by Gasteiger charge is 2.51. The zero-order valence-electron chi connectivity index (χ0n) is 18.0. The largest absolute Gasteiger partial charge is 0.327 e. The number of hydrogen-bond acceptors (Lipinski definition) is 8. The number of carbonyl (C=O) groups is 3. The number of rotatable bonds is 6. The van der Waals surface area contributed by atoms with Crippen molar-refractivity contribution in [2.45, 2.75) is 17.7 Å². The molecule has 0 saturated carbocycles. The van der Waals surface area contributed by atoms with Crippen molar-refractivity contribution in [2.24, 2.45) is 5.92 Å². The van der Waals surface area contributed by atoms with Crippen molar-refractivity contribution < 1.29 is 19.3 Å². The van der Waals surface area contributed by atoms with Crippen molar-refractivity contribution in [3.05, 3.63) is 75.8 Å². The molecule has 2 saturated heterocycles. The Morgan fingerprint density at radius 3 is 2.36 bits per heavy atom. The zero-order valence-corrected chi connectivity index (χ0v) is 18.8. The smallest absolute Gasteiger partial charge is 0.311 e. The minimum atomic E-state index is -0.624. The number of thioether (sulfide) groups is 1. The average molecular weight is 470 g/mol. The number of imide groups is 1. The van der Waals surface area contributed by atoms with Crippen molar-refractivity contribution in [2.75, 3.05) is 19.8 Å². The van der Waals surface area contributed by atoms with Crippen LogP contribution in [0.15, 0.2) is 54.6 Å². The summed E-state index contributed by atoms with van der Waals surface area (Å²) in [6, 6.07) is 14.5. The first-order valence-corrected chi connectivity index (χ1v) is 11.3. The van der Waals surface area contributed by atoms with Gasteiger partial charge in [0, 0.05) is 31.8 Å². The second-order valence-electron chi connectivity index (χ2n) is 7.90. The molecule has 0 spiro atoms. The van der Waals surface area contributed by atoms with Crippen LogP contribution in [0.4, 0.5) is 10.5 Å². The molecule has 3 amide bonds. The molecular formula is C22H23N5O5S. The average Bonchev–Trinajstić information content (AvgIpc) is 2.84. The Bertz CT molecular complexity index is 1080.